The number of aromatic nitrogens is 2. The summed E-state index contributed by atoms with van der Waals surface area (Å²) in [5, 5.41) is 8.47. The summed E-state index contributed by atoms with van der Waals surface area (Å²) in [6.45, 7) is 6.54. The molecule has 3 rings (SSSR count). The van der Waals surface area contributed by atoms with Crippen LogP contribution in [-0.2, 0) is 19.5 Å². The van der Waals surface area contributed by atoms with E-state index in [-0.39, 0.29) is 19.5 Å². The quantitative estimate of drug-likeness (QED) is 0.0977. The summed E-state index contributed by atoms with van der Waals surface area (Å²) in [7, 11) is -10.7. The van der Waals surface area contributed by atoms with Crippen LogP contribution in [-0.4, -0.2) is 15.1 Å². The molecule has 0 atom stereocenters. The van der Waals surface area contributed by atoms with Crippen LogP contribution in [0.25, 0.3) is 16.8 Å². The minimum Gasteiger partial charge on any atom is -0.753 e. The molecule has 0 aliphatic heterocycles. The van der Waals surface area contributed by atoms with Gasteiger partial charge in [0.1, 0.15) is 0 Å². The van der Waals surface area contributed by atoms with Gasteiger partial charge in [0.15, 0.2) is 0 Å². The third-order valence-corrected chi connectivity index (χ3v) is 3.34. The van der Waals surface area contributed by atoms with Crippen LogP contribution in [0.5, 0.6) is 0 Å². The fourth-order valence-corrected chi connectivity index (χ4v) is 1.98. The van der Waals surface area contributed by atoms with E-state index in [9.17, 15) is 25.2 Å². The Morgan fingerprint density at radius 1 is 0.788 bits per heavy atom. The molecule has 0 aliphatic carbocycles. The van der Waals surface area contributed by atoms with Gasteiger partial charge >= 0.3 is 52.5 Å². The third kappa shape index (κ3) is 22.9. The van der Waals surface area contributed by atoms with Gasteiger partial charge in [-0.15, -0.1) is 0 Å². The second-order valence-electron chi connectivity index (χ2n) is 6.54. The molecule has 2 heterocycles. The molecule has 0 bridgehead atoms. The maximum atomic E-state index is 9.87. The molecule has 0 N–H and O–H groups in total. The first kappa shape index (κ1) is 33.1. The molecular weight excluding hydrogens is 572 g/mol. The number of halogens is 6. The average molecular weight is 595 g/mol. The van der Waals surface area contributed by atoms with Crippen molar-refractivity contribution < 1.29 is 44.7 Å². The summed E-state index contributed by atoms with van der Waals surface area (Å²) in [6.07, 6.45) is 3.54. The van der Waals surface area contributed by atoms with Crippen molar-refractivity contribution >= 4 is 25.2 Å². The van der Waals surface area contributed by atoms with E-state index in [1.807, 2.05) is 36.4 Å². The van der Waals surface area contributed by atoms with E-state index in [1.165, 1.54) is 16.3 Å². The Kier molecular flexibility index (Phi) is 13.7. The molecule has 0 aliphatic rings. The molecule has 12 heteroatoms. The van der Waals surface area contributed by atoms with Crippen molar-refractivity contribution in [2.24, 2.45) is 0 Å². The number of benzene rings is 1. The molecule has 0 saturated heterocycles. The maximum absolute atomic E-state index is 10.7. The number of hydrogen-bond donors (Lipinski definition) is 0. The predicted octanol–water partition coefficient (Wildman–Crippen LogP) is 9.30. The van der Waals surface area contributed by atoms with E-state index in [0.29, 0.717) is 5.92 Å². The van der Waals surface area contributed by atoms with Crippen molar-refractivity contribution in [1.29, 1.82) is 0 Å². The molecule has 0 saturated carbocycles. The van der Waals surface area contributed by atoms with Gasteiger partial charge in [-0.2, -0.15) is 5.16 Å². The monoisotopic (exact) mass is 595 g/mol. The maximum Gasteiger partial charge on any atom is 2.00 e. The van der Waals surface area contributed by atoms with E-state index in [1.54, 1.807) is 12.4 Å². The number of aryl methyl sites for hydroxylation is 1. The summed E-state index contributed by atoms with van der Waals surface area (Å²) < 4.78 is 59.2. The number of isothiocyanates is 1. The van der Waals surface area contributed by atoms with Crippen LogP contribution in [0, 0.1) is 6.92 Å². The number of rotatable bonds is 2. The normalized spacial score (nSPS) is 11.8. The molecule has 0 radical (unpaired) electrons. The molecular formula is C21H22F6N3PRuS. The number of thiocarbonyl (C=S) groups is 1. The van der Waals surface area contributed by atoms with Crippen molar-refractivity contribution in [2.75, 3.05) is 0 Å². The summed E-state index contributed by atoms with van der Waals surface area (Å²) in [6, 6.07) is 20.3. The zero-order valence-corrected chi connectivity index (χ0v) is 21.3. The minimum atomic E-state index is -10.7. The van der Waals surface area contributed by atoms with E-state index in [4.69, 9.17) is 5.41 Å². The second-order valence-corrected chi connectivity index (χ2v) is 8.64. The molecule has 0 unspecified atom stereocenters. The van der Waals surface area contributed by atoms with Gasteiger partial charge in [-0.3, -0.25) is 9.97 Å². The van der Waals surface area contributed by atoms with Crippen molar-refractivity contribution in [3.8, 4) is 11.4 Å². The van der Waals surface area contributed by atoms with Crippen molar-refractivity contribution in [3.05, 3.63) is 89.6 Å². The Morgan fingerprint density at radius 3 is 1.36 bits per heavy atom. The summed E-state index contributed by atoms with van der Waals surface area (Å²) >= 11 is 3.70. The summed E-state index contributed by atoms with van der Waals surface area (Å²) in [5.41, 5.74) is 4.59. The standard InChI is InChI=1S/C10H8N2.C10H14.CNS.F6P.Ru/c1-3-7-11-9(5-1)10-6-2-4-8-12-10;1-8(2)10-6-4-9(3)5-7-10;2-1-3;1-7(2,3,4,5)6;/h1-8H;4-8H,1-3H3;;;/q;;2*-1;+2. The molecule has 33 heavy (non-hydrogen) atoms. The average Bonchev–Trinajstić information content (AvgIpc) is 2.68. The first-order valence-electron chi connectivity index (χ1n) is 9.00. The fourth-order valence-electron chi connectivity index (χ4n) is 1.98. The van der Waals surface area contributed by atoms with Gasteiger partial charge in [-0.1, -0.05) is 68.0 Å². The van der Waals surface area contributed by atoms with Gasteiger partial charge < -0.3 is 5.41 Å². The van der Waals surface area contributed by atoms with Crippen LogP contribution in [0.15, 0.2) is 73.1 Å². The zero-order valence-electron chi connectivity index (χ0n) is 17.8. The number of hydrogen-bond acceptors (Lipinski definition) is 3. The van der Waals surface area contributed by atoms with Gasteiger partial charge in [0.2, 0.25) is 0 Å². The van der Waals surface area contributed by atoms with Crippen LogP contribution >= 0.6 is 20.0 Å². The topological polar surface area (TPSA) is 48.1 Å². The zero-order chi connectivity index (χ0) is 24.9. The van der Waals surface area contributed by atoms with Crippen LogP contribution in [0.4, 0.5) is 25.2 Å². The fraction of sp³-hybridized carbons (Fsp3) is 0.190. The first-order chi connectivity index (χ1) is 14.5. The van der Waals surface area contributed by atoms with E-state index in [2.05, 4.69) is 67.2 Å². The largest absolute Gasteiger partial charge is 2.00 e. The van der Waals surface area contributed by atoms with Gasteiger partial charge in [-0.25, -0.2) is 0 Å². The molecule has 3 nitrogen and oxygen atoms in total. The van der Waals surface area contributed by atoms with Crippen LogP contribution in [0.1, 0.15) is 30.9 Å². The van der Waals surface area contributed by atoms with Gasteiger partial charge in [0, 0.05) is 12.4 Å². The smallest absolute Gasteiger partial charge is 0.753 e. The van der Waals surface area contributed by atoms with E-state index < -0.39 is 7.81 Å². The van der Waals surface area contributed by atoms with Crippen LogP contribution in [0.2, 0.25) is 0 Å². The summed E-state index contributed by atoms with van der Waals surface area (Å²) in [4.78, 5) is 8.37. The molecule has 3 aromatic rings. The van der Waals surface area contributed by atoms with Gasteiger partial charge in [0.25, 0.3) is 0 Å². The number of nitrogens with zero attached hydrogens (tertiary/aromatic N) is 3. The molecule has 0 spiro atoms. The second kappa shape index (κ2) is 13.6. The Labute approximate surface area is 207 Å². The molecule has 0 fully saturated rings. The Morgan fingerprint density at radius 2 is 1.12 bits per heavy atom. The Bertz CT molecular complexity index is 917. The van der Waals surface area contributed by atoms with Gasteiger partial charge in [-0.05, 0) is 42.7 Å². The minimum absolute atomic E-state index is 0. The molecule has 0 amide bonds. The predicted molar refractivity (Wildman–Crippen MR) is 122 cm³/mol. The van der Waals surface area contributed by atoms with Crippen molar-refractivity contribution in [2.45, 2.75) is 26.7 Å². The third-order valence-electron chi connectivity index (χ3n) is 3.34. The van der Waals surface area contributed by atoms with Crippen LogP contribution < -0.4 is 0 Å². The van der Waals surface area contributed by atoms with E-state index >= 15 is 0 Å². The number of pyridine rings is 2. The molecule has 182 valence electrons. The Hall–Kier alpha value is -2.05. The van der Waals surface area contributed by atoms with Crippen molar-refractivity contribution in [3.63, 3.8) is 0 Å². The Balaban J connectivity index is 0. The van der Waals surface area contributed by atoms with E-state index in [0.717, 1.165) is 11.4 Å². The first-order valence-corrected chi connectivity index (χ1v) is 11.4. The SMILES string of the molecule is Cc1ccc(C(C)C)cc1.F[P-](F)(F)(F)(F)F.[N-]=C=S.[Ru+2].c1ccc(-c2ccccn2)nc1. The van der Waals surface area contributed by atoms with Crippen LogP contribution in [0.3, 0.4) is 0 Å². The van der Waals surface area contributed by atoms with Gasteiger partial charge in [0.05, 0.1) is 11.4 Å². The molecule has 1 aromatic carbocycles. The summed E-state index contributed by atoms with van der Waals surface area (Å²) in [5.74, 6) is 0.653. The van der Waals surface area contributed by atoms with Crippen molar-refractivity contribution in [1.82, 2.24) is 9.97 Å². The molecule has 2 aromatic heterocycles.